The highest BCUT2D eigenvalue weighted by Gasteiger charge is 2.47. The maximum atomic E-state index is 13.6. The lowest BCUT2D eigenvalue weighted by Gasteiger charge is -2.49. The van der Waals surface area contributed by atoms with Gasteiger partial charge in [-0.3, -0.25) is 9.59 Å². The Labute approximate surface area is 174 Å². The molecule has 2 bridgehead atoms. The lowest BCUT2D eigenvalue weighted by Crippen LogP contribution is -2.58. The number of rotatable bonds is 4. The van der Waals surface area contributed by atoms with Gasteiger partial charge in [-0.25, -0.2) is 9.37 Å². The van der Waals surface area contributed by atoms with E-state index in [-0.39, 0.29) is 23.9 Å². The number of aliphatic carboxylic acids is 1. The van der Waals surface area contributed by atoms with Crippen LogP contribution in [-0.2, 0) is 4.79 Å². The number of carboxylic acid groups (broad SMARTS) is 1. The molecule has 4 aliphatic rings. The highest BCUT2D eigenvalue weighted by molar-refractivity contribution is 6.05. The molecule has 2 atom stereocenters. The number of carbonyl (C=O) groups is 2. The third-order valence-corrected chi connectivity index (χ3v) is 7.44. The summed E-state index contributed by atoms with van der Waals surface area (Å²) < 4.78 is 13.6. The van der Waals surface area contributed by atoms with Crippen molar-refractivity contribution in [3.63, 3.8) is 0 Å². The highest BCUT2D eigenvalue weighted by Crippen LogP contribution is 2.45. The van der Waals surface area contributed by atoms with Crippen molar-refractivity contribution in [2.45, 2.75) is 50.6 Å². The molecule has 160 valence electrons. The number of hydrogen-bond donors (Lipinski definition) is 3. The van der Waals surface area contributed by atoms with Gasteiger partial charge < -0.3 is 20.3 Å². The second-order valence-corrected chi connectivity index (χ2v) is 9.05. The Morgan fingerprint density at radius 3 is 2.53 bits per heavy atom. The van der Waals surface area contributed by atoms with Crippen LogP contribution in [-0.4, -0.2) is 57.0 Å². The van der Waals surface area contributed by atoms with Crippen LogP contribution in [0.4, 0.5) is 4.39 Å². The number of carboxylic acids is 1. The van der Waals surface area contributed by atoms with Crippen LogP contribution in [0.15, 0.2) is 18.5 Å². The molecule has 2 aromatic rings. The first kappa shape index (κ1) is 19.5. The standard InChI is InChI=1S/C22H27FN4O3/c23-14-9-16-17(11-25-20(16)24-10-14)21(28)27-7-5-15(6-8-27)26-19-13-3-1-12(2-4-13)18(19)22(29)30/h9-13,15,18-19,26H,1-8H2,(H,24,25)(H,29,30)/t12-,13+,18-,19-/m0/s1. The summed E-state index contributed by atoms with van der Waals surface area (Å²) in [6.45, 7) is 1.20. The zero-order valence-electron chi connectivity index (χ0n) is 16.8. The monoisotopic (exact) mass is 414 g/mol. The van der Waals surface area contributed by atoms with Crippen LogP contribution in [0.25, 0.3) is 11.0 Å². The fraction of sp³-hybridized carbons (Fsp3) is 0.591. The zero-order chi connectivity index (χ0) is 20.8. The van der Waals surface area contributed by atoms with Gasteiger partial charge in [0.15, 0.2) is 0 Å². The summed E-state index contributed by atoms with van der Waals surface area (Å²) in [7, 11) is 0. The number of nitrogens with one attached hydrogen (secondary N) is 2. The van der Waals surface area contributed by atoms with Gasteiger partial charge in [0.2, 0.25) is 0 Å². The molecule has 0 unspecified atom stereocenters. The van der Waals surface area contributed by atoms with Gasteiger partial charge in [0, 0.05) is 36.8 Å². The van der Waals surface area contributed by atoms with Gasteiger partial charge >= 0.3 is 5.97 Å². The quantitative estimate of drug-likeness (QED) is 0.715. The minimum atomic E-state index is -0.672. The third kappa shape index (κ3) is 3.37. The van der Waals surface area contributed by atoms with Gasteiger partial charge in [-0.1, -0.05) is 0 Å². The van der Waals surface area contributed by atoms with E-state index in [0.29, 0.717) is 41.5 Å². The van der Waals surface area contributed by atoms with Crippen molar-refractivity contribution in [3.8, 4) is 0 Å². The summed E-state index contributed by atoms with van der Waals surface area (Å²) in [5.74, 6) is -0.798. The third-order valence-electron chi connectivity index (χ3n) is 7.44. The Morgan fingerprint density at radius 2 is 1.83 bits per heavy atom. The fourth-order valence-electron chi connectivity index (χ4n) is 5.89. The molecule has 3 aliphatic carbocycles. The van der Waals surface area contributed by atoms with Crippen LogP contribution in [0.1, 0.15) is 48.9 Å². The molecule has 0 radical (unpaired) electrons. The van der Waals surface area contributed by atoms with E-state index in [1.54, 1.807) is 11.1 Å². The molecule has 3 heterocycles. The second-order valence-electron chi connectivity index (χ2n) is 9.05. The molecule has 0 aromatic carbocycles. The maximum absolute atomic E-state index is 13.6. The zero-order valence-corrected chi connectivity index (χ0v) is 16.8. The van der Waals surface area contributed by atoms with Gasteiger partial charge in [-0.05, 0) is 56.4 Å². The number of amides is 1. The van der Waals surface area contributed by atoms with Gasteiger partial charge in [0.05, 0.1) is 17.7 Å². The SMILES string of the molecule is O=C(O)[C@H]1[C@H]2CC[C@H](CC2)[C@@H]1NC1CCN(C(=O)c2c[nH]c3ncc(F)cc23)CC1. The van der Waals surface area contributed by atoms with Crippen LogP contribution in [0.3, 0.4) is 0 Å². The lowest BCUT2D eigenvalue weighted by atomic mass is 9.61. The number of fused-ring (bicyclic) bond motifs is 4. The second kappa shape index (κ2) is 7.65. The number of nitrogens with zero attached hydrogens (tertiary/aromatic N) is 2. The molecule has 7 nitrogen and oxygen atoms in total. The summed E-state index contributed by atoms with van der Waals surface area (Å²) >= 11 is 0. The molecule has 3 N–H and O–H groups in total. The Balaban J connectivity index is 1.23. The summed E-state index contributed by atoms with van der Waals surface area (Å²) in [5, 5.41) is 13.9. The largest absolute Gasteiger partial charge is 0.481 e. The van der Waals surface area contributed by atoms with Crippen molar-refractivity contribution in [3.05, 3.63) is 29.8 Å². The number of aromatic nitrogens is 2. The molecule has 4 fully saturated rings. The van der Waals surface area contributed by atoms with Crippen molar-refractivity contribution < 1.29 is 19.1 Å². The average molecular weight is 414 g/mol. The van der Waals surface area contributed by atoms with Crippen LogP contribution < -0.4 is 5.32 Å². The van der Waals surface area contributed by atoms with Gasteiger partial charge in [0.25, 0.3) is 5.91 Å². The predicted octanol–water partition coefficient (Wildman–Crippen LogP) is 2.79. The highest BCUT2D eigenvalue weighted by atomic mass is 19.1. The van der Waals surface area contributed by atoms with Crippen molar-refractivity contribution >= 4 is 22.9 Å². The van der Waals surface area contributed by atoms with E-state index < -0.39 is 11.8 Å². The summed E-state index contributed by atoms with van der Waals surface area (Å²) in [6, 6.07) is 1.61. The minimum absolute atomic E-state index is 0.0462. The Morgan fingerprint density at radius 1 is 1.13 bits per heavy atom. The normalized spacial score (nSPS) is 29.4. The smallest absolute Gasteiger partial charge is 0.308 e. The molecule has 2 aromatic heterocycles. The molecule has 1 aliphatic heterocycles. The van der Waals surface area contributed by atoms with Gasteiger partial charge in [0.1, 0.15) is 11.5 Å². The number of halogens is 1. The predicted molar refractivity (Wildman–Crippen MR) is 108 cm³/mol. The fourth-order valence-corrected chi connectivity index (χ4v) is 5.89. The summed E-state index contributed by atoms with van der Waals surface area (Å²) in [4.78, 5) is 33.6. The molecule has 30 heavy (non-hydrogen) atoms. The van der Waals surface area contributed by atoms with Crippen LogP contribution in [0.5, 0.6) is 0 Å². The van der Waals surface area contributed by atoms with Crippen molar-refractivity contribution in [1.29, 1.82) is 0 Å². The van der Waals surface area contributed by atoms with Crippen LogP contribution in [0, 0.1) is 23.6 Å². The molecule has 3 saturated carbocycles. The number of H-pyrrole nitrogens is 1. The topological polar surface area (TPSA) is 98.3 Å². The van der Waals surface area contributed by atoms with E-state index in [2.05, 4.69) is 15.3 Å². The molecular formula is C22H27FN4O3. The number of pyridine rings is 1. The average Bonchev–Trinajstić information content (AvgIpc) is 3.17. The molecule has 1 amide bonds. The van der Waals surface area contributed by atoms with E-state index in [0.717, 1.165) is 44.7 Å². The number of hydrogen-bond acceptors (Lipinski definition) is 4. The molecule has 1 saturated heterocycles. The van der Waals surface area contributed by atoms with Crippen molar-refractivity contribution in [2.24, 2.45) is 17.8 Å². The maximum Gasteiger partial charge on any atom is 0.308 e. The Bertz CT molecular complexity index is 960. The minimum Gasteiger partial charge on any atom is -0.481 e. The number of piperidine rings is 1. The summed E-state index contributed by atoms with van der Waals surface area (Å²) in [6.07, 6.45) is 8.62. The molecular weight excluding hydrogens is 387 g/mol. The number of carbonyl (C=O) groups excluding carboxylic acids is 1. The van der Waals surface area contributed by atoms with Gasteiger partial charge in [-0.2, -0.15) is 0 Å². The number of aromatic amines is 1. The summed E-state index contributed by atoms with van der Waals surface area (Å²) in [5.41, 5.74) is 0.947. The van der Waals surface area contributed by atoms with E-state index >= 15 is 0 Å². The van der Waals surface area contributed by atoms with E-state index in [9.17, 15) is 19.1 Å². The van der Waals surface area contributed by atoms with Crippen molar-refractivity contribution in [2.75, 3.05) is 13.1 Å². The lowest BCUT2D eigenvalue weighted by molar-refractivity contribution is -0.150. The van der Waals surface area contributed by atoms with Crippen LogP contribution in [0.2, 0.25) is 0 Å². The first-order valence-corrected chi connectivity index (χ1v) is 10.9. The van der Waals surface area contributed by atoms with E-state index in [4.69, 9.17) is 0 Å². The first-order valence-electron chi connectivity index (χ1n) is 10.9. The first-order chi connectivity index (χ1) is 14.5. The Hall–Kier alpha value is -2.48. The Kier molecular flexibility index (Phi) is 4.97. The van der Waals surface area contributed by atoms with Crippen molar-refractivity contribution in [1.82, 2.24) is 20.2 Å². The molecule has 6 rings (SSSR count). The molecule has 8 heteroatoms. The van der Waals surface area contributed by atoms with Crippen LogP contribution >= 0.6 is 0 Å². The molecule has 0 spiro atoms. The van der Waals surface area contributed by atoms with E-state index in [1.807, 2.05) is 0 Å². The van der Waals surface area contributed by atoms with E-state index in [1.165, 1.54) is 6.07 Å². The number of likely N-dealkylation sites (tertiary alicyclic amines) is 1. The van der Waals surface area contributed by atoms with Gasteiger partial charge in [-0.15, -0.1) is 0 Å².